The number of para-hydroxylation sites is 1. The van der Waals surface area contributed by atoms with E-state index in [2.05, 4.69) is 5.32 Å². The third-order valence-electron chi connectivity index (χ3n) is 4.28. The van der Waals surface area contributed by atoms with Crippen molar-refractivity contribution in [1.29, 1.82) is 0 Å². The molecule has 1 aliphatic carbocycles. The molecule has 5 heteroatoms. The van der Waals surface area contributed by atoms with Gasteiger partial charge in [-0.3, -0.25) is 9.69 Å². The Morgan fingerprint density at radius 1 is 1.10 bits per heavy atom. The zero-order valence-electron chi connectivity index (χ0n) is 12.0. The first-order valence-electron chi connectivity index (χ1n) is 7.53. The van der Waals surface area contributed by atoms with Gasteiger partial charge in [0.05, 0.1) is 6.54 Å². The van der Waals surface area contributed by atoms with Gasteiger partial charge >= 0.3 is 6.03 Å². The lowest BCUT2D eigenvalue weighted by Crippen LogP contribution is -2.48. The highest BCUT2D eigenvalue weighted by molar-refractivity contribution is 6.07. The first kappa shape index (κ1) is 13.9. The van der Waals surface area contributed by atoms with Crippen molar-refractivity contribution >= 4 is 11.9 Å². The monoisotopic (exact) mass is 288 g/mol. The molecule has 1 spiro atoms. The number of imide groups is 1. The fourth-order valence-electron chi connectivity index (χ4n) is 3.14. The van der Waals surface area contributed by atoms with Crippen molar-refractivity contribution in [3.05, 3.63) is 30.3 Å². The van der Waals surface area contributed by atoms with Gasteiger partial charge in [-0.15, -0.1) is 0 Å². The highest BCUT2D eigenvalue weighted by Gasteiger charge is 2.50. The highest BCUT2D eigenvalue weighted by atomic mass is 16.5. The standard InChI is InChI=1S/C16H20N2O3/c19-14-16(9-5-2-6-10-16)17-15(20)18(14)11-12-21-13-7-3-1-4-8-13/h1,3-4,7-8H,2,5-6,9-12H2,(H,17,20). The predicted molar refractivity (Wildman–Crippen MR) is 78.0 cm³/mol. The number of hydrogen-bond donors (Lipinski definition) is 1. The van der Waals surface area contributed by atoms with Crippen LogP contribution in [0.25, 0.3) is 0 Å². The number of rotatable bonds is 4. The normalized spacial score (nSPS) is 20.7. The number of amides is 3. The molecule has 5 nitrogen and oxygen atoms in total. The summed E-state index contributed by atoms with van der Waals surface area (Å²) in [6.07, 6.45) is 4.66. The van der Waals surface area contributed by atoms with E-state index >= 15 is 0 Å². The molecule has 0 bridgehead atoms. The van der Waals surface area contributed by atoms with Crippen molar-refractivity contribution < 1.29 is 14.3 Å². The Bertz CT molecular complexity index is 524. The average Bonchev–Trinajstić information content (AvgIpc) is 2.73. The Hall–Kier alpha value is -2.04. The van der Waals surface area contributed by atoms with Gasteiger partial charge in [0.1, 0.15) is 17.9 Å². The van der Waals surface area contributed by atoms with E-state index in [1.165, 1.54) is 4.90 Å². The summed E-state index contributed by atoms with van der Waals surface area (Å²) >= 11 is 0. The van der Waals surface area contributed by atoms with Crippen LogP contribution < -0.4 is 10.1 Å². The third-order valence-corrected chi connectivity index (χ3v) is 4.28. The van der Waals surface area contributed by atoms with Crippen LogP contribution >= 0.6 is 0 Å². The van der Waals surface area contributed by atoms with Gasteiger partial charge < -0.3 is 10.1 Å². The van der Waals surface area contributed by atoms with Crippen LogP contribution in [0.4, 0.5) is 4.79 Å². The number of ether oxygens (including phenoxy) is 1. The van der Waals surface area contributed by atoms with E-state index in [0.29, 0.717) is 13.2 Å². The Kier molecular flexibility index (Phi) is 3.82. The van der Waals surface area contributed by atoms with Gasteiger partial charge in [0.15, 0.2) is 0 Å². The van der Waals surface area contributed by atoms with Crippen molar-refractivity contribution in [3.8, 4) is 5.75 Å². The lowest BCUT2D eigenvalue weighted by atomic mass is 9.82. The molecule has 0 unspecified atom stereocenters. The summed E-state index contributed by atoms with van der Waals surface area (Å²) in [5, 5.41) is 2.90. The van der Waals surface area contributed by atoms with Gasteiger partial charge in [0, 0.05) is 0 Å². The van der Waals surface area contributed by atoms with E-state index in [0.717, 1.165) is 37.9 Å². The Balaban J connectivity index is 1.58. The topological polar surface area (TPSA) is 58.6 Å². The smallest absolute Gasteiger partial charge is 0.325 e. The van der Waals surface area contributed by atoms with E-state index in [1.54, 1.807) is 0 Å². The van der Waals surface area contributed by atoms with Gasteiger partial charge in [-0.1, -0.05) is 37.5 Å². The van der Waals surface area contributed by atoms with Crippen LogP contribution in [0.3, 0.4) is 0 Å². The molecule has 2 fully saturated rings. The SMILES string of the molecule is O=C1NC2(CCCCC2)C(=O)N1CCOc1ccccc1. The second-order valence-corrected chi connectivity index (χ2v) is 5.69. The largest absolute Gasteiger partial charge is 0.492 e. The number of carbonyl (C=O) groups excluding carboxylic acids is 2. The number of hydrogen-bond acceptors (Lipinski definition) is 3. The minimum absolute atomic E-state index is 0.0798. The molecule has 3 rings (SSSR count). The fourth-order valence-corrected chi connectivity index (χ4v) is 3.14. The molecule has 112 valence electrons. The fraction of sp³-hybridized carbons (Fsp3) is 0.500. The van der Waals surface area contributed by atoms with Gasteiger partial charge in [0.2, 0.25) is 0 Å². The third kappa shape index (κ3) is 2.73. The summed E-state index contributed by atoms with van der Waals surface area (Å²) in [6.45, 7) is 0.612. The van der Waals surface area contributed by atoms with Gasteiger partial charge in [0.25, 0.3) is 5.91 Å². The van der Waals surface area contributed by atoms with Gasteiger partial charge in [-0.25, -0.2) is 4.79 Å². The minimum Gasteiger partial charge on any atom is -0.492 e. The van der Waals surface area contributed by atoms with Gasteiger partial charge in [-0.05, 0) is 25.0 Å². The average molecular weight is 288 g/mol. The molecular weight excluding hydrogens is 268 g/mol. The maximum Gasteiger partial charge on any atom is 0.325 e. The number of nitrogens with zero attached hydrogens (tertiary/aromatic N) is 1. The quantitative estimate of drug-likeness (QED) is 0.865. The zero-order chi connectivity index (χ0) is 14.7. The molecule has 1 heterocycles. The molecule has 1 aliphatic heterocycles. The second-order valence-electron chi connectivity index (χ2n) is 5.69. The van der Waals surface area contributed by atoms with Crippen LogP contribution in [0.5, 0.6) is 5.75 Å². The summed E-state index contributed by atoms with van der Waals surface area (Å²) in [4.78, 5) is 25.9. The van der Waals surface area contributed by atoms with Crippen molar-refractivity contribution in [2.45, 2.75) is 37.6 Å². The maximum absolute atomic E-state index is 12.5. The van der Waals surface area contributed by atoms with Crippen LogP contribution in [0.1, 0.15) is 32.1 Å². The molecular formula is C16H20N2O3. The number of nitrogens with one attached hydrogen (secondary N) is 1. The molecule has 0 aromatic heterocycles. The number of carbonyl (C=O) groups is 2. The second kappa shape index (κ2) is 5.76. The molecule has 0 atom stereocenters. The van der Waals surface area contributed by atoms with Crippen molar-refractivity contribution in [2.75, 3.05) is 13.2 Å². The molecule has 1 aromatic carbocycles. The molecule has 1 saturated heterocycles. The van der Waals surface area contributed by atoms with E-state index < -0.39 is 5.54 Å². The first-order chi connectivity index (χ1) is 10.2. The van der Waals surface area contributed by atoms with Crippen LogP contribution in [0, 0.1) is 0 Å². The summed E-state index contributed by atoms with van der Waals surface area (Å²) in [5.41, 5.74) is -0.637. The number of benzene rings is 1. The lowest BCUT2D eigenvalue weighted by molar-refractivity contribution is -0.132. The highest BCUT2D eigenvalue weighted by Crippen LogP contribution is 2.33. The summed E-state index contributed by atoms with van der Waals surface area (Å²) < 4.78 is 5.57. The van der Waals surface area contributed by atoms with Crippen molar-refractivity contribution in [3.63, 3.8) is 0 Å². The first-order valence-corrected chi connectivity index (χ1v) is 7.53. The number of urea groups is 1. The van der Waals surface area contributed by atoms with E-state index in [-0.39, 0.29) is 11.9 Å². The predicted octanol–water partition coefficient (Wildman–Crippen LogP) is 2.32. The van der Waals surface area contributed by atoms with E-state index in [4.69, 9.17) is 4.74 Å². The molecule has 1 aromatic rings. The summed E-state index contributed by atoms with van der Waals surface area (Å²) in [5.74, 6) is 0.667. The Morgan fingerprint density at radius 2 is 1.81 bits per heavy atom. The van der Waals surface area contributed by atoms with Crippen LogP contribution in [-0.2, 0) is 4.79 Å². The molecule has 1 N–H and O–H groups in total. The molecule has 1 saturated carbocycles. The van der Waals surface area contributed by atoms with Crippen LogP contribution in [-0.4, -0.2) is 35.5 Å². The Labute approximate surface area is 124 Å². The maximum atomic E-state index is 12.5. The van der Waals surface area contributed by atoms with Crippen LogP contribution in [0.2, 0.25) is 0 Å². The molecule has 3 amide bonds. The molecule has 0 radical (unpaired) electrons. The summed E-state index contributed by atoms with van der Waals surface area (Å²) in [7, 11) is 0. The van der Waals surface area contributed by atoms with E-state index in [1.807, 2.05) is 30.3 Å². The Morgan fingerprint density at radius 3 is 2.52 bits per heavy atom. The van der Waals surface area contributed by atoms with Crippen molar-refractivity contribution in [2.24, 2.45) is 0 Å². The van der Waals surface area contributed by atoms with Gasteiger partial charge in [-0.2, -0.15) is 0 Å². The minimum atomic E-state index is -0.637. The lowest BCUT2D eigenvalue weighted by Gasteiger charge is -2.30. The molecule has 2 aliphatic rings. The van der Waals surface area contributed by atoms with E-state index in [9.17, 15) is 9.59 Å². The van der Waals surface area contributed by atoms with Crippen molar-refractivity contribution in [1.82, 2.24) is 10.2 Å². The van der Waals surface area contributed by atoms with Crippen LogP contribution in [0.15, 0.2) is 30.3 Å². The zero-order valence-corrected chi connectivity index (χ0v) is 12.0. The summed E-state index contributed by atoms with van der Waals surface area (Å²) in [6, 6.07) is 9.12. The molecule has 21 heavy (non-hydrogen) atoms.